The number of aryl methyl sites for hydroxylation is 1. The number of benzene rings is 1. The topological polar surface area (TPSA) is 75.4 Å². The van der Waals surface area contributed by atoms with Crippen molar-refractivity contribution in [3.63, 3.8) is 0 Å². The Bertz CT molecular complexity index is 1130. The van der Waals surface area contributed by atoms with Gasteiger partial charge in [-0.15, -0.1) is 0 Å². The van der Waals surface area contributed by atoms with Gasteiger partial charge in [-0.2, -0.15) is 0 Å². The van der Waals surface area contributed by atoms with Crippen LogP contribution >= 0.6 is 0 Å². The fourth-order valence-electron chi connectivity index (χ4n) is 3.84. The molecule has 0 radical (unpaired) electrons. The van der Waals surface area contributed by atoms with Gasteiger partial charge in [0, 0.05) is 30.3 Å². The average Bonchev–Trinajstić information content (AvgIpc) is 3.13. The average molecular weight is 405 g/mol. The minimum absolute atomic E-state index is 0.166. The van der Waals surface area contributed by atoms with Crippen LogP contribution in [0.1, 0.15) is 55.3 Å². The molecule has 3 heterocycles. The van der Waals surface area contributed by atoms with E-state index in [1.54, 1.807) is 24.8 Å². The highest BCUT2D eigenvalue weighted by Gasteiger charge is 2.41. The smallest absolute Gasteiger partial charge is 0.290 e. The third-order valence-electron chi connectivity index (χ3n) is 5.78. The van der Waals surface area contributed by atoms with E-state index >= 15 is 0 Å². The quantitative estimate of drug-likeness (QED) is 0.706. The lowest BCUT2D eigenvalue weighted by molar-refractivity contribution is -0.133. The third-order valence-corrected chi connectivity index (χ3v) is 5.78. The van der Waals surface area contributed by atoms with Gasteiger partial charge in [-0.05, 0) is 32.8 Å². The molecule has 0 aliphatic carbocycles. The number of rotatable bonds is 3. The van der Waals surface area contributed by atoms with E-state index in [1.807, 2.05) is 6.07 Å². The number of carbonyl (C=O) groups is 2. The molecule has 0 unspecified atom stereocenters. The molecule has 0 bridgehead atoms. The maximum absolute atomic E-state index is 13.2. The molecule has 0 saturated carbocycles. The SMILES string of the molecule is Cc1ccc(-c2cc(C(C)C)c3oc(C(=O)N4CCNC(=O)C4(C)C)cc3n2)cc1. The van der Waals surface area contributed by atoms with Crippen molar-refractivity contribution >= 4 is 22.9 Å². The van der Waals surface area contributed by atoms with E-state index < -0.39 is 5.54 Å². The fourth-order valence-corrected chi connectivity index (χ4v) is 3.84. The molecule has 1 aliphatic rings. The number of amides is 2. The summed E-state index contributed by atoms with van der Waals surface area (Å²) in [6.07, 6.45) is 0. The van der Waals surface area contributed by atoms with Crippen LogP contribution in [0.25, 0.3) is 22.4 Å². The maximum Gasteiger partial charge on any atom is 0.290 e. The van der Waals surface area contributed by atoms with E-state index in [0.29, 0.717) is 24.2 Å². The summed E-state index contributed by atoms with van der Waals surface area (Å²) in [4.78, 5) is 31.8. The summed E-state index contributed by atoms with van der Waals surface area (Å²) in [5.41, 5.74) is 4.41. The van der Waals surface area contributed by atoms with Crippen LogP contribution in [0.2, 0.25) is 0 Å². The first-order chi connectivity index (χ1) is 14.2. The normalized spacial score (nSPS) is 16.2. The van der Waals surface area contributed by atoms with E-state index in [0.717, 1.165) is 16.8 Å². The molecule has 6 heteroatoms. The Labute approximate surface area is 176 Å². The Hall–Kier alpha value is -3.15. The van der Waals surface area contributed by atoms with Gasteiger partial charge in [-0.25, -0.2) is 4.98 Å². The second kappa shape index (κ2) is 7.27. The Morgan fingerprint density at radius 1 is 1.20 bits per heavy atom. The molecule has 6 nitrogen and oxygen atoms in total. The highest BCUT2D eigenvalue weighted by molar-refractivity contribution is 6.00. The Morgan fingerprint density at radius 2 is 1.90 bits per heavy atom. The second-order valence-electron chi connectivity index (χ2n) is 8.71. The van der Waals surface area contributed by atoms with E-state index in [4.69, 9.17) is 9.40 Å². The molecule has 0 spiro atoms. The molecular formula is C24H27N3O3. The first-order valence-electron chi connectivity index (χ1n) is 10.3. The van der Waals surface area contributed by atoms with Gasteiger partial charge in [0.1, 0.15) is 11.1 Å². The zero-order valence-corrected chi connectivity index (χ0v) is 18.1. The summed E-state index contributed by atoms with van der Waals surface area (Å²) in [6, 6.07) is 12.0. The minimum atomic E-state index is -0.935. The van der Waals surface area contributed by atoms with Crippen molar-refractivity contribution in [1.82, 2.24) is 15.2 Å². The van der Waals surface area contributed by atoms with E-state index in [-0.39, 0.29) is 23.5 Å². The van der Waals surface area contributed by atoms with Crippen LogP contribution in [-0.4, -0.2) is 40.3 Å². The lowest BCUT2D eigenvalue weighted by Gasteiger charge is -2.40. The lowest BCUT2D eigenvalue weighted by Crippen LogP contribution is -2.63. The van der Waals surface area contributed by atoms with Gasteiger partial charge in [0.2, 0.25) is 5.91 Å². The van der Waals surface area contributed by atoms with Crippen molar-refractivity contribution in [2.24, 2.45) is 0 Å². The summed E-state index contributed by atoms with van der Waals surface area (Å²) in [5, 5.41) is 2.81. The van der Waals surface area contributed by atoms with Crippen LogP contribution in [0.5, 0.6) is 0 Å². The number of hydrogen-bond donors (Lipinski definition) is 1. The van der Waals surface area contributed by atoms with Crippen molar-refractivity contribution in [1.29, 1.82) is 0 Å². The summed E-state index contributed by atoms with van der Waals surface area (Å²) >= 11 is 0. The predicted octanol–water partition coefficient (Wildman–Crippen LogP) is 4.28. The first-order valence-corrected chi connectivity index (χ1v) is 10.3. The molecule has 2 aromatic heterocycles. The zero-order chi connectivity index (χ0) is 21.6. The molecule has 1 N–H and O–H groups in total. The van der Waals surface area contributed by atoms with Crippen molar-refractivity contribution in [2.45, 2.75) is 46.1 Å². The molecular weight excluding hydrogens is 378 g/mol. The molecule has 1 saturated heterocycles. The highest BCUT2D eigenvalue weighted by Crippen LogP contribution is 2.32. The molecule has 1 fully saturated rings. The van der Waals surface area contributed by atoms with Gasteiger partial charge in [0.25, 0.3) is 5.91 Å². The fraction of sp³-hybridized carbons (Fsp3) is 0.375. The van der Waals surface area contributed by atoms with Gasteiger partial charge >= 0.3 is 0 Å². The summed E-state index contributed by atoms with van der Waals surface area (Å²) in [6.45, 7) is 10.6. The predicted molar refractivity (Wildman–Crippen MR) is 116 cm³/mol. The number of furan rings is 1. The summed E-state index contributed by atoms with van der Waals surface area (Å²) < 4.78 is 6.03. The standard InChI is InChI=1S/C24H27N3O3/c1-14(2)17-12-18(16-8-6-15(3)7-9-16)26-19-13-20(30-21(17)19)22(28)27-11-10-25-23(29)24(27,4)5/h6-9,12-14H,10-11H2,1-5H3,(H,25,29). The van der Waals surface area contributed by atoms with Gasteiger partial charge < -0.3 is 14.6 Å². The number of piperazine rings is 1. The minimum Gasteiger partial charge on any atom is -0.449 e. The molecule has 0 atom stereocenters. The molecule has 2 amide bonds. The van der Waals surface area contributed by atoms with Crippen molar-refractivity contribution in [3.05, 3.63) is 53.3 Å². The van der Waals surface area contributed by atoms with Crippen LogP contribution in [0.15, 0.2) is 40.8 Å². The van der Waals surface area contributed by atoms with Crippen molar-refractivity contribution in [3.8, 4) is 11.3 Å². The van der Waals surface area contributed by atoms with Crippen LogP contribution in [-0.2, 0) is 4.79 Å². The second-order valence-corrected chi connectivity index (χ2v) is 8.71. The number of pyridine rings is 1. The van der Waals surface area contributed by atoms with Crippen LogP contribution < -0.4 is 5.32 Å². The Kier molecular flexibility index (Phi) is 4.88. The Balaban J connectivity index is 1.80. The van der Waals surface area contributed by atoms with Crippen molar-refractivity contribution in [2.75, 3.05) is 13.1 Å². The number of fused-ring (bicyclic) bond motifs is 1. The molecule has 4 rings (SSSR count). The van der Waals surface area contributed by atoms with Crippen LogP contribution in [0.3, 0.4) is 0 Å². The zero-order valence-electron chi connectivity index (χ0n) is 18.1. The van der Waals surface area contributed by atoms with Crippen LogP contribution in [0.4, 0.5) is 0 Å². The largest absolute Gasteiger partial charge is 0.449 e. The maximum atomic E-state index is 13.2. The van der Waals surface area contributed by atoms with Crippen LogP contribution in [0, 0.1) is 6.92 Å². The molecule has 156 valence electrons. The molecule has 30 heavy (non-hydrogen) atoms. The number of aromatic nitrogens is 1. The van der Waals surface area contributed by atoms with Gasteiger partial charge in [0.05, 0.1) is 5.69 Å². The number of hydrogen-bond acceptors (Lipinski definition) is 4. The summed E-state index contributed by atoms with van der Waals surface area (Å²) in [7, 11) is 0. The molecule has 1 aliphatic heterocycles. The van der Waals surface area contributed by atoms with Gasteiger partial charge in [-0.3, -0.25) is 9.59 Å². The number of nitrogens with one attached hydrogen (secondary N) is 1. The van der Waals surface area contributed by atoms with E-state index in [1.165, 1.54) is 5.56 Å². The van der Waals surface area contributed by atoms with Crippen molar-refractivity contribution < 1.29 is 14.0 Å². The summed E-state index contributed by atoms with van der Waals surface area (Å²) in [5.74, 6) is -0.0467. The monoisotopic (exact) mass is 405 g/mol. The Morgan fingerprint density at radius 3 is 2.57 bits per heavy atom. The highest BCUT2D eigenvalue weighted by atomic mass is 16.3. The van der Waals surface area contributed by atoms with Gasteiger partial charge in [0.15, 0.2) is 11.3 Å². The third kappa shape index (κ3) is 3.36. The lowest BCUT2D eigenvalue weighted by atomic mass is 9.98. The van der Waals surface area contributed by atoms with E-state index in [2.05, 4.69) is 50.4 Å². The first kappa shape index (κ1) is 20.1. The number of carbonyl (C=O) groups excluding carboxylic acids is 2. The van der Waals surface area contributed by atoms with Gasteiger partial charge in [-0.1, -0.05) is 43.7 Å². The number of nitrogens with zero attached hydrogens (tertiary/aromatic N) is 2. The molecule has 1 aromatic carbocycles. The molecule has 3 aromatic rings. The van der Waals surface area contributed by atoms with E-state index in [9.17, 15) is 9.59 Å².